The molecule has 1 heterocycles. The predicted molar refractivity (Wildman–Crippen MR) is 74.8 cm³/mol. The lowest BCUT2D eigenvalue weighted by Crippen LogP contribution is -2.29. The molecule has 0 aliphatic heterocycles. The highest BCUT2D eigenvalue weighted by molar-refractivity contribution is 7.11. The molecule has 0 radical (unpaired) electrons. The fourth-order valence-electron chi connectivity index (χ4n) is 2.12. The van der Waals surface area contributed by atoms with Crippen LogP contribution < -0.4 is 11.3 Å². The van der Waals surface area contributed by atoms with Crippen molar-refractivity contribution in [3.63, 3.8) is 0 Å². The van der Waals surface area contributed by atoms with Crippen LogP contribution in [0.25, 0.3) is 0 Å². The number of hydrogen-bond acceptors (Lipinski definition) is 4. The first kappa shape index (κ1) is 14.6. The maximum atomic E-state index is 5.67. The molecule has 1 rings (SSSR count). The minimum atomic E-state index is 0.267. The molecule has 1 aromatic heterocycles. The van der Waals surface area contributed by atoms with Gasteiger partial charge in [-0.15, -0.1) is 11.3 Å². The fraction of sp³-hybridized carbons (Fsp3) is 0.769. The fourth-order valence-corrected chi connectivity index (χ4v) is 2.98. The van der Waals surface area contributed by atoms with Crippen molar-refractivity contribution < 1.29 is 0 Å². The second kappa shape index (κ2) is 7.80. The number of nitrogens with two attached hydrogens (primary N) is 1. The van der Waals surface area contributed by atoms with E-state index in [2.05, 4.69) is 24.3 Å². The van der Waals surface area contributed by atoms with E-state index in [-0.39, 0.29) is 6.04 Å². The Morgan fingerprint density at radius 1 is 1.47 bits per heavy atom. The normalized spacial score (nSPS) is 14.8. The van der Waals surface area contributed by atoms with Crippen LogP contribution >= 0.6 is 11.3 Å². The molecular weight excluding hydrogens is 230 g/mol. The molecule has 0 aliphatic rings. The van der Waals surface area contributed by atoms with E-state index in [1.54, 1.807) is 11.3 Å². The van der Waals surface area contributed by atoms with Gasteiger partial charge in [0, 0.05) is 11.1 Å². The number of rotatable bonds is 8. The predicted octanol–water partition coefficient (Wildman–Crippen LogP) is 3.56. The molecule has 0 fully saturated rings. The largest absolute Gasteiger partial charge is 0.271 e. The van der Waals surface area contributed by atoms with Crippen molar-refractivity contribution in [3.8, 4) is 0 Å². The minimum absolute atomic E-state index is 0.267. The summed E-state index contributed by atoms with van der Waals surface area (Å²) in [5.74, 6) is 6.44. The molecule has 98 valence electrons. The van der Waals surface area contributed by atoms with Crippen molar-refractivity contribution in [2.45, 2.75) is 58.9 Å². The molecule has 2 unspecified atom stereocenters. The maximum Gasteiger partial charge on any atom is 0.0897 e. The van der Waals surface area contributed by atoms with Crippen LogP contribution in [0.1, 0.15) is 61.9 Å². The van der Waals surface area contributed by atoms with Crippen LogP contribution in [0.4, 0.5) is 0 Å². The summed E-state index contributed by atoms with van der Waals surface area (Å²) >= 11 is 1.74. The molecule has 0 aromatic carbocycles. The van der Waals surface area contributed by atoms with Crippen molar-refractivity contribution in [3.05, 3.63) is 16.1 Å². The quantitative estimate of drug-likeness (QED) is 0.551. The van der Waals surface area contributed by atoms with Crippen molar-refractivity contribution in [1.29, 1.82) is 0 Å². The first-order valence-electron chi connectivity index (χ1n) is 6.59. The van der Waals surface area contributed by atoms with Crippen molar-refractivity contribution in [1.82, 2.24) is 10.4 Å². The summed E-state index contributed by atoms with van der Waals surface area (Å²) in [5.41, 5.74) is 2.94. The Bertz CT molecular complexity index is 311. The smallest absolute Gasteiger partial charge is 0.0897 e. The summed E-state index contributed by atoms with van der Waals surface area (Å²) in [5, 5.41) is 1.11. The van der Waals surface area contributed by atoms with Gasteiger partial charge in [0.05, 0.1) is 11.0 Å². The summed E-state index contributed by atoms with van der Waals surface area (Å²) in [4.78, 5) is 5.57. The highest BCUT2D eigenvalue weighted by Gasteiger charge is 2.17. The highest BCUT2D eigenvalue weighted by Crippen LogP contribution is 2.29. The Morgan fingerprint density at radius 2 is 2.24 bits per heavy atom. The van der Waals surface area contributed by atoms with Crippen LogP contribution in [0.2, 0.25) is 0 Å². The molecule has 0 spiro atoms. The molecule has 1 aromatic rings. The highest BCUT2D eigenvalue weighted by atomic mass is 32.1. The third kappa shape index (κ3) is 4.74. The van der Waals surface area contributed by atoms with Crippen molar-refractivity contribution in [2.24, 2.45) is 11.8 Å². The van der Waals surface area contributed by atoms with E-state index in [1.165, 1.54) is 30.6 Å². The molecule has 2 atom stereocenters. The monoisotopic (exact) mass is 255 g/mol. The molecule has 3 nitrogen and oxygen atoms in total. The van der Waals surface area contributed by atoms with Crippen LogP contribution in [0.5, 0.6) is 0 Å². The van der Waals surface area contributed by atoms with Gasteiger partial charge in [-0.1, -0.05) is 39.5 Å². The first-order chi connectivity index (χ1) is 8.21. The van der Waals surface area contributed by atoms with E-state index in [4.69, 9.17) is 5.84 Å². The van der Waals surface area contributed by atoms with E-state index in [0.717, 1.165) is 17.3 Å². The minimum Gasteiger partial charge on any atom is -0.271 e. The second-order valence-corrected chi connectivity index (χ2v) is 5.92. The number of aryl methyl sites for hydroxylation is 1. The Hall–Kier alpha value is -0.450. The Balaban J connectivity index is 2.55. The van der Waals surface area contributed by atoms with Gasteiger partial charge in [-0.05, 0) is 19.3 Å². The molecule has 0 saturated carbocycles. The average Bonchev–Trinajstić information content (AvgIpc) is 2.76. The van der Waals surface area contributed by atoms with E-state index >= 15 is 0 Å². The molecule has 17 heavy (non-hydrogen) atoms. The van der Waals surface area contributed by atoms with E-state index < -0.39 is 0 Å². The maximum absolute atomic E-state index is 5.67. The van der Waals surface area contributed by atoms with Gasteiger partial charge in [-0.2, -0.15) is 0 Å². The number of aromatic nitrogens is 1. The lowest BCUT2D eigenvalue weighted by molar-refractivity contribution is 0.359. The Morgan fingerprint density at radius 3 is 2.71 bits per heavy atom. The Labute approximate surface area is 109 Å². The van der Waals surface area contributed by atoms with Crippen LogP contribution in [0, 0.1) is 12.8 Å². The summed E-state index contributed by atoms with van der Waals surface area (Å²) in [6, 6.07) is 0.267. The number of nitrogens with zero attached hydrogens (tertiary/aromatic N) is 1. The zero-order chi connectivity index (χ0) is 12.7. The summed E-state index contributed by atoms with van der Waals surface area (Å²) in [6.45, 7) is 6.56. The van der Waals surface area contributed by atoms with Crippen molar-refractivity contribution >= 4 is 11.3 Å². The van der Waals surface area contributed by atoms with Crippen LogP contribution in [-0.2, 0) is 0 Å². The van der Waals surface area contributed by atoms with Gasteiger partial charge in [0.25, 0.3) is 0 Å². The van der Waals surface area contributed by atoms with Crippen molar-refractivity contribution in [2.75, 3.05) is 0 Å². The number of thiazole rings is 1. The average molecular weight is 255 g/mol. The Kier molecular flexibility index (Phi) is 6.70. The molecule has 3 N–H and O–H groups in total. The molecule has 4 heteroatoms. The molecule has 0 bridgehead atoms. The van der Waals surface area contributed by atoms with Crippen LogP contribution in [-0.4, -0.2) is 4.98 Å². The molecule has 0 amide bonds. The van der Waals surface area contributed by atoms with E-state index in [9.17, 15) is 0 Å². The lowest BCUT2D eigenvalue weighted by atomic mass is 9.92. The summed E-state index contributed by atoms with van der Waals surface area (Å²) in [7, 11) is 0. The van der Waals surface area contributed by atoms with Gasteiger partial charge < -0.3 is 0 Å². The number of nitrogens with one attached hydrogen (secondary N) is 1. The molecule has 0 saturated heterocycles. The SMILES string of the molecule is CCCCC(CC)CC(NN)c1cnc(C)s1. The summed E-state index contributed by atoms with van der Waals surface area (Å²) in [6.07, 6.45) is 8.21. The topological polar surface area (TPSA) is 50.9 Å². The third-order valence-corrected chi connectivity index (χ3v) is 4.32. The third-order valence-electron chi connectivity index (χ3n) is 3.30. The van der Waals surface area contributed by atoms with E-state index in [1.807, 2.05) is 13.1 Å². The number of hydrazine groups is 1. The van der Waals surface area contributed by atoms with Crippen LogP contribution in [0.15, 0.2) is 6.20 Å². The number of hydrogen-bond donors (Lipinski definition) is 2. The molecule has 0 aliphatic carbocycles. The first-order valence-corrected chi connectivity index (χ1v) is 7.41. The number of unbranched alkanes of at least 4 members (excludes halogenated alkanes) is 1. The van der Waals surface area contributed by atoms with Gasteiger partial charge in [-0.3, -0.25) is 11.3 Å². The standard InChI is InChI=1S/C13H25N3S/c1-4-6-7-11(5-2)8-12(16-14)13-9-15-10(3)17-13/h9,11-12,16H,4-8,14H2,1-3H3. The molecular formula is C13H25N3S. The van der Waals surface area contributed by atoms with E-state index in [0.29, 0.717) is 0 Å². The second-order valence-electron chi connectivity index (χ2n) is 4.65. The zero-order valence-electron chi connectivity index (χ0n) is 11.2. The van der Waals surface area contributed by atoms with Gasteiger partial charge in [-0.25, -0.2) is 4.98 Å². The van der Waals surface area contributed by atoms with Crippen LogP contribution in [0.3, 0.4) is 0 Å². The van der Waals surface area contributed by atoms with Gasteiger partial charge in [0.15, 0.2) is 0 Å². The zero-order valence-corrected chi connectivity index (χ0v) is 12.0. The lowest BCUT2D eigenvalue weighted by Gasteiger charge is -2.21. The summed E-state index contributed by atoms with van der Waals surface area (Å²) < 4.78 is 0. The van der Waals surface area contributed by atoms with Gasteiger partial charge in [0.2, 0.25) is 0 Å². The van der Waals surface area contributed by atoms with Gasteiger partial charge in [0.1, 0.15) is 0 Å². The van der Waals surface area contributed by atoms with Gasteiger partial charge >= 0.3 is 0 Å².